The van der Waals surface area contributed by atoms with Crippen LogP contribution in [0.3, 0.4) is 0 Å². The fourth-order valence-electron chi connectivity index (χ4n) is 3.31. The molecular weight excluding hydrogens is 532 g/mol. The molecule has 2 heterocycles. The van der Waals surface area contributed by atoms with E-state index in [1.807, 2.05) is 0 Å². The zero-order valence-electron chi connectivity index (χ0n) is 18.5. The molecule has 4 rings (SSSR count). The lowest BCUT2D eigenvalue weighted by Crippen LogP contribution is -2.41. The number of amidine groups is 1. The van der Waals surface area contributed by atoms with Crippen LogP contribution in [0.4, 0.5) is 23.2 Å². The van der Waals surface area contributed by atoms with Gasteiger partial charge in [0.15, 0.2) is 5.17 Å². The van der Waals surface area contributed by atoms with Crippen molar-refractivity contribution in [1.29, 1.82) is 0 Å². The van der Waals surface area contributed by atoms with E-state index >= 15 is 0 Å². The highest BCUT2D eigenvalue weighted by molar-refractivity contribution is 8.15. The van der Waals surface area contributed by atoms with Crippen molar-refractivity contribution >= 4 is 46.1 Å². The number of hydrogen-bond donors (Lipinski definition) is 0. The van der Waals surface area contributed by atoms with Gasteiger partial charge in [-0.05, 0) is 30.9 Å². The summed E-state index contributed by atoms with van der Waals surface area (Å²) in [6, 6.07) is 1.80. The van der Waals surface area contributed by atoms with Crippen LogP contribution in [0.15, 0.2) is 32.8 Å². The Morgan fingerprint density at radius 3 is 2.56 bits per heavy atom. The van der Waals surface area contributed by atoms with Gasteiger partial charge >= 0.3 is 17.8 Å². The fraction of sp³-hybridized carbons (Fsp3) is 0.381. The van der Waals surface area contributed by atoms with Crippen LogP contribution in [0, 0.1) is 11.7 Å². The van der Waals surface area contributed by atoms with Crippen molar-refractivity contribution in [2.45, 2.75) is 19.0 Å². The second-order valence-corrected chi connectivity index (χ2v) is 9.44. The monoisotopic (exact) mass is 548 g/mol. The minimum Gasteiger partial charge on any atom is -0.464 e. The van der Waals surface area contributed by atoms with Crippen molar-refractivity contribution in [3.63, 3.8) is 0 Å². The average Bonchev–Trinajstić information content (AvgIpc) is 3.56. The largest absolute Gasteiger partial charge is 0.464 e. The van der Waals surface area contributed by atoms with Crippen LogP contribution in [0.5, 0.6) is 0 Å². The highest BCUT2D eigenvalue weighted by atomic mass is 35.5. The molecule has 2 aliphatic rings. The van der Waals surface area contributed by atoms with Crippen molar-refractivity contribution in [3.8, 4) is 5.69 Å². The van der Waals surface area contributed by atoms with Gasteiger partial charge < -0.3 is 4.74 Å². The molecule has 0 N–H and O–H groups in total. The molecule has 2 fully saturated rings. The molecule has 1 aliphatic heterocycles. The molecule has 1 amide bonds. The molecule has 0 unspecified atom stereocenters. The number of amides is 1. The van der Waals surface area contributed by atoms with Crippen LogP contribution in [-0.2, 0) is 27.5 Å². The van der Waals surface area contributed by atoms with E-state index in [-0.39, 0.29) is 43.4 Å². The molecule has 9 nitrogen and oxygen atoms in total. The molecule has 0 radical (unpaired) electrons. The van der Waals surface area contributed by atoms with Gasteiger partial charge in [-0.3, -0.25) is 23.9 Å². The van der Waals surface area contributed by atoms with Crippen LogP contribution < -0.4 is 11.2 Å². The number of halogens is 5. The molecule has 0 atom stereocenters. The minimum atomic E-state index is -4.99. The average molecular weight is 549 g/mol. The summed E-state index contributed by atoms with van der Waals surface area (Å²) < 4.78 is 59.6. The maximum atomic E-state index is 14.7. The normalized spacial score (nSPS) is 17.2. The van der Waals surface area contributed by atoms with Crippen molar-refractivity contribution < 1.29 is 31.9 Å². The van der Waals surface area contributed by atoms with Gasteiger partial charge in [-0.25, -0.2) is 18.7 Å². The third-order valence-corrected chi connectivity index (χ3v) is 6.67. The predicted octanol–water partition coefficient (Wildman–Crippen LogP) is 2.86. The molecule has 192 valence electrons. The number of nitrogens with zero attached hydrogens (tertiary/aromatic N) is 4. The molecule has 1 saturated carbocycles. The van der Waals surface area contributed by atoms with Crippen LogP contribution in [0.25, 0.3) is 5.69 Å². The van der Waals surface area contributed by atoms with Gasteiger partial charge in [-0.2, -0.15) is 13.2 Å². The maximum absolute atomic E-state index is 14.7. The first-order valence-electron chi connectivity index (χ1n) is 10.4. The lowest BCUT2D eigenvalue weighted by Gasteiger charge is -2.16. The van der Waals surface area contributed by atoms with Gasteiger partial charge in [-0.1, -0.05) is 23.4 Å². The Morgan fingerprint density at radius 1 is 1.22 bits per heavy atom. The number of ether oxygens (including phenoxy) is 1. The van der Waals surface area contributed by atoms with E-state index in [1.165, 1.54) is 0 Å². The molecule has 0 spiro atoms. The summed E-state index contributed by atoms with van der Waals surface area (Å²) in [4.78, 5) is 54.6. The van der Waals surface area contributed by atoms with E-state index in [1.54, 1.807) is 0 Å². The highest BCUT2D eigenvalue weighted by Gasteiger charge is 2.35. The number of aromatic nitrogens is 2. The number of thioether (sulfide) groups is 1. The first-order valence-corrected chi connectivity index (χ1v) is 11.8. The van der Waals surface area contributed by atoms with Crippen molar-refractivity contribution in [3.05, 3.63) is 55.6 Å². The van der Waals surface area contributed by atoms with Gasteiger partial charge in [0.1, 0.15) is 18.1 Å². The van der Waals surface area contributed by atoms with Gasteiger partial charge in [0.2, 0.25) is 5.91 Å². The topological polar surface area (TPSA) is 103 Å². The summed E-state index contributed by atoms with van der Waals surface area (Å²) >= 11 is 7.04. The summed E-state index contributed by atoms with van der Waals surface area (Å²) in [6.07, 6.45) is -3.05. The first-order chi connectivity index (χ1) is 16.9. The predicted molar refractivity (Wildman–Crippen MR) is 122 cm³/mol. The lowest BCUT2D eigenvalue weighted by atomic mass is 10.2. The van der Waals surface area contributed by atoms with E-state index < -0.39 is 53.0 Å². The van der Waals surface area contributed by atoms with Crippen molar-refractivity contribution in [2.75, 3.05) is 18.9 Å². The lowest BCUT2D eigenvalue weighted by molar-refractivity contribution is -0.146. The van der Waals surface area contributed by atoms with Crippen molar-refractivity contribution in [2.24, 2.45) is 18.0 Å². The third kappa shape index (κ3) is 5.33. The number of rotatable bonds is 6. The molecule has 36 heavy (non-hydrogen) atoms. The Balaban J connectivity index is 1.71. The first kappa shape index (κ1) is 25.9. The maximum Gasteiger partial charge on any atom is 0.431 e. The fourth-order valence-corrected chi connectivity index (χ4v) is 4.40. The molecule has 0 bridgehead atoms. The minimum absolute atomic E-state index is 0.0375. The Bertz CT molecular complexity index is 1400. The Hall–Kier alpha value is -3.13. The molecule has 1 aromatic heterocycles. The number of hydrogen-bond acceptors (Lipinski definition) is 7. The smallest absolute Gasteiger partial charge is 0.431 e. The summed E-state index contributed by atoms with van der Waals surface area (Å²) in [7, 11) is 0.789. The van der Waals surface area contributed by atoms with Gasteiger partial charge in [0.25, 0.3) is 5.56 Å². The molecule has 2 aromatic rings. The zero-order valence-corrected chi connectivity index (χ0v) is 20.0. The summed E-state index contributed by atoms with van der Waals surface area (Å²) in [5, 5.41) is -0.229. The van der Waals surface area contributed by atoms with Gasteiger partial charge in [0, 0.05) is 13.1 Å². The quantitative estimate of drug-likeness (QED) is 0.406. The Labute approximate surface area is 209 Å². The second kappa shape index (κ2) is 9.73. The number of aliphatic imine (C=N–C) groups is 1. The van der Waals surface area contributed by atoms with E-state index in [4.69, 9.17) is 16.3 Å². The molecular formula is C21H17ClF4N4O5S. The van der Waals surface area contributed by atoms with Crippen LogP contribution in [0.1, 0.15) is 18.5 Å². The molecule has 1 aromatic carbocycles. The highest BCUT2D eigenvalue weighted by Crippen LogP contribution is 2.33. The van der Waals surface area contributed by atoms with Gasteiger partial charge in [0.05, 0.1) is 28.8 Å². The molecule has 15 heteroatoms. The van der Waals surface area contributed by atoms with Crippen molar-refractivity contribution in [1.82, 2.24) is 14.0 Å². The van der Waals surface area contributed by atoms with Crippen LogP contribution in [0.2, 0.25) is 5.02 Å². The van der Waals surface area contributed by atoms with Crippen LogP contribution in [-0.4, -0.2) is 50.0 Å². The van der Waals surface area contributed by atoms with E-state index in [2.05, 4.69) is 4.99 Å². The number of alkyl halides is 3. The zero-order chi connectivity index (χ0) is 26.4. The summed E-state index contributed by atoms with van der Waals surface area (Å²) in [5.74, 6) is -1.97. The number of carbonyl (C=O) groups excluding carboxylic acids is 2. The third-order valence-electron chi connectivity index (χ3n) is 5.40. The van der Waals surface area contributed by atoms with E-state index in [0.29, 0.717) is 5.92 Å². The standard InChI is InChI=1S/C21H17ClF4N4O5S/c1-28-15(21(24,25)26)6-16(31)30(20(28)34)14-5-13(11(22)4-12(14)23)27-19-29(17(32)9-36-19)7-18(33)35-8-10-2-3-10/h4-6,10H,2-3,7-9H2,1H3. The summed E-state index contributed by atoms with van der Waals surface area (Å²) in [5.41, 5.74) is -5.25. The molecule has 1 saturated heterocycles. The number of benzene rings is 1. The molecule has 1 aliphatic carbocycles. The number of esters is 1. The van der Waals surface area contributed by atoms with Gasteiger partial charge in [-0.15, -0.1) is 0 Å². The van der Waals surface area contributed by atoms with Crippen LogP contribution >= 0.6 is 23.4 Å². The Kier molecular flexibility index (Phi) is 7.01. The number of carbonyl (C=O) groups is 2. The summed E-state index contributed by atoms with van der Waals surface area (Å²) in [6.45, 7) is -0.160. The van der Waals surface area contributed by atoms with E-state index in [9.17, 15) is 36.7 Å². The van der Waals surface area contributed by atoms with E-state index in [0.717, 1.165) is 48.7 Å². The second-order valence-electron chi connectivity index (χ2n) is 8.09. The SMILES string of the molecule is Cn1c(C(F)(F)F)cc(=O)n(-c2cc(N=C3SCC(=O)N3CC(=O)OCC3CC3)c(Cl)cc2F)c1=O. The Morgan fingerprint density at radius 2 is 1.92 bits per heavy atom.